The number of rotatable bonds is 5. The molecule has 0 spiro atoms. The van der Waals surface area contributed by atoms with E-state index in [1.807, 2.05) is 97.1 Å². The first-order valence-electron chi connectivity index (χ1n) is 17.6. The van der Waals surface area contributed by atoms with Crippen molar-refractivity contribution in [1.29, 1.82) is 10.5 Å². The van der Waals surface area contributed by atoms with E-state index >= 15 is 0 Å². The van der Waals surface area contributed by atoms with Crippen LogP contribution in [0.2, 0.25) is 0 Å². The Morgan fingerprint density at radius 2 is 0.870 bits per heavy atom. The lowest BCUT2D eigenvalue weighted by atomic mass is 10.0. The summed E-state index contributed by atoms with van der Waals surface area (Å²) < 4.78 is 4.45. The van der Waals surface area contributed by atoms with Gasteiger partial charge in [0.2, 0.25) is 0 Å². The molecular formula is C47H27N7. The van der Waals surface area contributed by atoms with Crippen LogP contribution in [0.4, 0.5) is 0 Å². The second-order valence-electron chi connectivity index (χ2n) is 13.1. The first-order chi connectivity index (χ1) is 26.7. The SMILES string of the molecule is N#Cc1cc(-n2c3ccccc3c3ccc4c5ccccc5n(-c5ccccc5)c4c32)c(C#N)cc1-c1nc(-c2ccccc2)nc(-c2ccccc2)n1. The molecule has 10 aromatic rings. The molecule has 7 aromatic carbocycles. The zero-order chi connectivity index (χ0) is 36.2. The van der Waals surface area contributed by atoms with Crippen molar-refractivity contribution in [2.24, 2.45) is 0 Å². The fourth-order valence-corrected chi connectivity index (χ4v) is 7.67. The van der Waals surface area contributed by atoms with Gasteiger partial charge in [-0.1, -0.05) is 127 Å². The number of hydrogen-bond donors (Lipinski definition) is 0. The van der Waals surface area contributed by atoms with Gasteiger partial charge in [0.25, 0.3) is 0 Å². The van der Waals surface area contributed by atoms with E-state index in [1.54, 1.807) is 6.07 Å². The molecule has 0 radical (unpaired) electrons. The topological polar surface area (TPSA) is 96.1 Å². The third-order valence-corrected chi connectivity index (χ3v) is 10.0. The van der Waals surface area contributed by atoms with Gasteiger partial charge in [0, 0.05) is 43.9 Å². The second-order valence-corrected chi connectivity index (χ2v) is 13.1. The zero-order valence-corrected chi connectivity index (χ0v) is 28.7. The van der Waals surface area contributed by atoms with Crippen molar-refractivity contribution in [1.82, 2.24) is 24.1 Å². The van der Waals surface area contributed by atoms with Gasteiger partial charge in [-0.2, -0.15) is 10.5 Å². The number of nitriles is 2. The third-order valence-electron chi connectivity index (χ3n) is 10.0. The van der Waals surface area contributed by atoms with E-state index in [2.05, 4.69) is 81.9 Å². The van der Waals surface area contributed by atoms with Crippen LogP contribution in [-0.2, 0) is 0 Å². The Labute approximate surface area is 309 Å². The van der Waals surface area contributed by atoms with Gasteiger partial charge in [-0.25, -0.2) is 15.0 Å². The van der Waals surface area contributed by atoms with Gasteiger partial charge in [-0.3, -0.25) is 0 Å². The predicted octanol–water partition coefficient (Wildman–Crippen LogP) is 10.8. The van der Waals surface area contributed by atoms with Gasteiger partial charge in [0.05, 0.1) is 45.0 Å². The lowest BCUT2D eigenvalue weighted by Gasteiger charge is -2.15. The smallest absolute Gasteiger partial charge is 0.165 e. The minimum absolute atomic E-state index is 0.316. The van der Waals surface area contributed by atoms with Gasteiger partial charge in [0.1, 0.15) is 6.07 Å². The van der Waals surface area contributed by atoms with E-state index < -0.39 is 0 Å². The van der Waals surface area contributed by atoms with Crippen molar-refractivity contribution >= 4 is 43.6 Å². The number of hydrogen-bond acceptors (Lipinski definition) is 5. The molecule has 7 nitrogen and oxygen atoms in total. The summed E-state index contributed by atoms with van der Waals surface area (Å²) in [7, 11) is 0. The van der Waals surface area contributed by atoms with Crippen molar-refractivity contribution in [3.8, 4) is 57.7 Å². The number of aromatic nitrogens is 5. The molecule has 0 atom stereocenters. The van der Waals surface area contributed by atoms with E-state index in [0.717, 1.165) is 60.4 Å². The maximum Gasteiger partial charge on any atom is 0.165 e. The zero-order valence-electron chi connectivity index (χ0n) is 28.7. The monoisotopic (exact) mass is 689 g/mol. The van der Waals surface area contributed by atoms with Crippen LogP contribution in [-0.4, -0.2) is 24.1 Å². The Morgan fingerprint density at radius 1 is 0.407 bits per heavy atom. The van der Waals surface area contributed by atoms with Crippen molar-refractivity contribution in [3.05, 3.63) is 175 Å². The highest BCUT2D eigenvalue weighted by Gasteiger charge is 2.24. The lowest BCUT2D eigenvalue weighted by Crippen LogP contribution is -2.04. The van der Waals surface area contributed by atoms with Crippen molar-refractivity contribution < 1.29 is 0 Å². The van der Waals surface area contributed by atoms with E-state index in [4.69, 9.17) is 15.0 Å². The minimum atomic E-state index is 0.316. The Kier molecular flexibility index (Phi) is 7.11. The first kappa shape index (κ1) is 30.9. The molecule has 0 aliphatic heterocycles. The Bertz CT molecular complexity index is 3110. The molecule has 0 fully saturated rings. The fraction of sp³-hybridized carbons (Fsp3) is 0. The summed E-state index contributed by atoms with van der Waals surface area (Å²) in [6.45, 7) is 0. The average Bonchev–Trinajstić information content (AvgIpc) is 3.77. The van der Waals surface area contributed by atoms with Crippen LogP contribution < -0.4 is 0 Å². The molecule has 0 saturated carbocycles. The van der Waals surface area contributed by atoms with Crippen LogP contribution in [0.15, 0.2) is 164 Å². The molecule has 10 rings (SSSR count). The van der Waals surface area contributed by atoms with Crippen LogP contribution in [0.5, 0.6) is 0 Å². The molecule has 54 heavy (non-hydrogen) atoms. The van der Waals surface area contributed by atoms with Gasteiger partial charge < -0.3 is 9.13 Å². The Hall–Kier alpha value is -7.87. The molecule has 250 valence electrons. The van der Waals surface area contributed by atoms with E-state index in [9.17, 15) is 10.5 Å². The second kappa shape index (κ2) is 12.4. The summed E-state index contributed by atoms with van der Waals surface area (Å²) in [5.41, 5.74) is 8.41. The molecule has 0 saturated heterocycles. The van der Waals surface area contributed by atoms with Crippen LogP contribution in [0.3, 0.4) is 0 Å². The maximum atomic E-state index is 10.9. The summed E-state index contributed by atoms with van der Waals surface area (Å²) in [6, 6.07) is 59.2. The van der Waals surface area contributed by atoms with Crippen molar-refractivity contribution in [2.75, 3.05) is 0 Å². The molecule has 3 heterocycles. The van der Waals surface area contributed by atoms with Gasteiger partial charge in [-0.15, -0.1) is 0 Å². The Balaban J connectivity index is 1.29. The molecule has 7 heteroatoms. The molecule has 0 aliphatic carbocycles. The number of para-hydroxylation sites is 3. The first-order valence-corrected chi connectivity index (χ1v) is 17.6. The highest BCUT2D eigenvalue weighted by molar-refractivity contribution is 6.23. The number of fused-ring (bicyclic) bond motifs is 7. The largest absolute Gasteiger partial charge is 0.307 e. The van der Waals surface area contributed by atoms with Gasteiger partial charge in [0.15, 0.2) is 17.5 Å². The lowest BCUT2D eigenvalue weighted by molar-refractivity contribution is 1.07. The summed E-state index contributed by atoms with van der Waals surface area (Å²) in [5, 5.41) is 26.0. The third kappa shape index (κ3) is 4.77. The molecule has 0 amide bonds. The molecule has 0 N–H and O–H groups in total. The van der Waals surface area contributed by atoms with Crippen LogP contribution >= 0.6 is 0 Å². The van der Waals surface area contributed by atoms with E-state index in [0.29, 0.717) is 39.9 Å². The normalized spacial score (nSPS) is 11.3. The van der Waals surface area contributed by atoms with Crippen LogP contribution in [0.25, 0.3) is 89.2 Å². The highest BCUT2D eigenvalue weighted by atomic mass is 15.1. The molecular weight excluding hydrogens is 663 g/mol. The summed E-state index contributed by atoms with van der Waals surface area (Å²) in [4.78, 5) is 14.6. The maximum absolute atomic E-state index is 10.9. The predicted molar refractivity (Wildman–Crippen MR) is 214 cm³/mol. The summed E-state index contributed by atoms with van der Waals surface area (Å²) in [5.74, 6) is 1.27. The van der Waals surface area contributed by atoms with E-state index in [-0.39, 0.29) is 0 Å². The minimum Gasteiger partial charge on any atom is -0.307 e. The number of nitrogens with zero attached hydrogens (tertiary/aromatic N) is 7. The molecule has 3 aromatic heterocycles. The van der Waals surface area contributed by atoms with Crippen molar-refractivity contribution in [2.45, 2.75) is 0 Å². The summed E-state index contributed by atoms with van der Waals surface area (Å²) in [6.07, 6.45) is 0. The van der Waals surface area contributed by atoms with Gasteiger partial charge >= 0.3 is 0 Å². The fourth-order valence-electron chi connectivity index (χ4n) is 7.67. The van der Waals surface area contributed by atoms with Crippen molar-refractivity contribution in [3.63, 3.8) is 0 Å². The average molecular weight is 690 g/mol. The quantitative estimate of drug-likeness (QED) is 0.179. The standard InChI is InChI=1S/C47H27N7/c48-28-32-27-42(33(29-49)26-39(32)47-51-45(30-14-4-1-5-15-30)50-46(52-47)31-16-6-2-7-17-31)54-41-23-13-11-21-36(41)38-25-24-37-35-20-10-12-22-40(35)53(43(37)44(38)54)34-18-8-3-9-19-34/h1-27H. The van der Waals surface area contributed by atoms with Crippen LogP contribution in [0.1, 0.15) is 11.1 Å². The van der Waals surface area contributed by atoms with E-state index in [1.165, 1.54) is 0 Å². The van der Waals surface area contributed by atoms with Gasteiger partial charge in [-0.05, 0) is 36.4 Å². The molecule has 0 unspecified atom stereocenters. The highest BCUT2D eigenvalue weighted by Crippen LogP contribution is 2.42. The Morgan fingerprint density at radius 3 is 1.43 bits per heavy atom. The van der Waals surface area contributed by atoms with Crippen LogP contribution in [0, 0.1) is 22.7 Å². The number of benzene rings is 7. The summed E-state index contributed by atoms with van der Waals surface area (Å²) >= 11 is 0. The molecule has 0 aliphatic rings. The molecule has 0 bridgehead atoms.